The van der Waals surface area contributed by atoms with Gasteiger partial charge in [-0.2, -0.15) is 0 Å². The van der Waals surface area contributed by atoms with Crippen molar-refractivity contribution in [2.45, 2.75) is 6.54 Å². The van der Waals surface area contributed by atoms with Crippen molar-refractivity contribution in [2.24, 2.45) is 0 Å². The van der Waals surface area contributed by atoms with E-state index in [1.165, 1.54) is 53.8 Å². The van der Waals surface area contributed by atoms with Crippen molar-refractivity contribution < 1.29 is 22.3 Å². The molecule has 0 radical (unpaired) electrons. The number of carbonyl (C=O) groups excluding carboxylic acids is 1. The highest BCUT2D eigenvalue weighted by molar-refractivity contribution is 7.92. The van der Waals surface area contributed by atoms with Crippen molar-refractivity contribution in [3.8, 4) is 16.3 Å². The monoisotopic (exact) mass is 512 g/mol. The Kier molecular flexibility index (Phi) is 7.08. The lowest BCUT2D eigenvalue weighted by Gasteiger charge is -2.23. The van der Waals surface area contributed by atoms with Crippen molar-refractivity contribution in [1.29, 1.82) is 0 Å². The molecule has 35 heavy (non-hydrogen) atoms. The molecule has 4 aromatic rings. The van der Waals surface area contributed by atoms with E-state index in [4.69, 9.17) is 4.74 Å². The molecular weight excluding hydrogens is 491 g/mol. The molecule has 0 aliphatic heterocycles. The molecule has 8 nitrogen and oxygen atoms in total. The Morgan fingerprint density at radius 1 is 1.03 bits per heavy atom. The minimum absolute atomic E-state index is 0.171. The van der Waals surface area contributed by atoms with Gasteiger partial charge >= 0.3 is 0 Å². The van der Waals surface area contributed by atoms with Gasteiger partial charge < -0.3 is 4.74 Å². The third kappa shape index (κ3) is 5.81. The van der Waals surface area contributed by atoms with Crippen LogP contribution in [-0.2, 0) is 16.6 Å². The zero-order chi connectivity index (χ0) is 25.0. The van der Waals surface area contributed by atoms with E-state index in [0.717, 1.165) is 21.9 Å². The number of anilines is 2. The number of nitrogens with zero attached hydrogens (tertiary/aromatic N) is 3. The van der Waals surface area contributed by atoms with Gasteiger partial charge in [0.15, 0.2) is 0 Å². The molecule has 180 valence electrons. The summed E-state index contributed by atoms with van der Waals surface area (Å²) in [5.41, 5.74) is 1.69. The molecule has 0 aliphatic carbocycles. The van der Waals surface area contributed by atoms with E-state index in [-0.39, 0.29) is 12.1 Å². The minimum Gasteiger partial charge on any atom is -0.497 e. The summed E-state index contributed by atoms with van der Waals surface area (Å²) in [4.78, 5) is 12.7. The smallest absolute Gasteiger partial charge is 0.257 e. The van der Waals surface area contributed by atoms with Crippen LogP contribution in [0.2, 0.25) is 0 Å². The van der Waals surface area contributed by atoms with Crippen LogP contribution in [0.3, 0.4) is 0 Å². The van der Waals surface area contributed by atoms with E-state index in [0.29, 0.717) is 21.4 Å². The number of methoxy groups -OCH3 is 1. The van der Waals surface area contributed by atoms with Gasteiger partial charge in [0.1, 0.15) is 16.6 Å². The Bertz CT molecular complexity index is 1440. The highest BCUT2D eigenvalue weighted by Crippen LogP contribution is 2.28. The molecular formula is C24H21FN4O4S2. The number of nitrogens with one attached hydrogen (secondary N) is 1. The summed E-state index contributed by atoms with van der Waals surface area (Å²) in [7, 11) is -2.12. The molecule has 1 heterocycles. The summed E-state index contributed by atoms with van der Waals surface area (Å²) in [6, 6.07) is 19.3. The molecule has 0 bridgehead atoms. The van der Waals surface area contributed by atoms with E-state index < -0.39 is 21.7 Å². The predicted molar refractivity (Wildman–Crippen MR) is 134 cm³/mol. The second-order valence-electron chi connectivity index (χ2n) is 7.50. The molecule has 3 aromatic carbocycles. The lowest BCUT2D eigenvalue weighted by Crippen LogP contribution is -2.29. The number of rotatable bonds is 8. The summed E-state index contributed by atoms with van der Waals surface area (Å²) < 4.78 is 45.0. The Morgan fingerprint density at radius 3 is 2.34 bits per heavy atom. The van der Waals surface area contributed by atoms with Crippen molar-refractivity contribution in [1.82, 2.24) is 10.2 Å². The van der Waals surface area contributed by atoms with E-state index in [1.54, 1.807) is 13.2 Å². The van der Waals surface area contributed by atoms with Crippen LogP contribution in [-0.4, -0.2) is 37.9 Å². The predicted octanol–water partition coefficient (Wildman–Crippen LogP) is 4.57. The Balaban J connectivity index is 1.48. The maximum Gasteiger partial charge on any atom is 0.257 e. The number of hydrogen-bond acceptors (Lipinski definition) is 7. The third-order valence-electron chi connectivity index (χ3n) is 5.07. The number of aromatic nitrogens is 2. The standard InChI is InChI=1S/C24H21FN4O4S2/c1-33-20-13-9-17(10-14-20)23-27-28-24(34-23)26-22(30)16-7-11-19(12-8-16)29(35(2,31)32)15-18-5-3-4-6-21(18)25/h3-14H,15H2,1-2H3,(H,26,28,30). The van der Waals surface area contributed by atoms with Gasteiger partial charge in [0.2, 0.25) is 15.2 Å². The number of sulfonamides is 1. The molecule has 0 aliphatic rings. The summed E-state index contributed by atoms with van der Waals surface area (Å²) >= 11 is 1.22. The zero-order valence-corrected chi connectivity index (χ0v) is 20.4. The minimum atomic E-state index is -3.70. The van der Waals surface area contributed by atoms with E-state index >= 15 is 0 Å². The highest BCUT2D eigenvalue weighted by Gasteiger charge is 2.20. The normalized spacial score (nSPS) is 11.2. The number of benzene rings is 3. The van der Waals surface area contributed by atoms with Crippen LogP contribution in [0, 0.1) is 5.82 Å². The average molecular weight is 513 g/mol. The first-order valence-corrected chi connectivity index (χ1v) is 13.0. The second kappa shape index (κ2) is 10.2. The fourth-order valence-electron chi connectivity index (χ4n) is 3.25. The van der Waals surface area contributed by atoms with Crippen LogP contribution in [0.4, 0.5) is 15.2 Å². The second-order valence-corrected chi connectivity index (χ2v) is 10.4. The van der Waals surface area contributed by atoms with E-state index in [1.807, 2.05) is 24.3 Å². The first kappa shape index (κ1) is 24.3. The third-order valence-corrected chi connectivity index (χ3v) is 7.10. The molecule has 0 saturated carbocycles. The Labute approximate surface area is 206 Å². The van der Waals surface area contributed by atoms with Crippen LogP contribution >= 0.6 is 11.3 Å². The molecule has 0 atom stereocenters. The van der Waals surface area contributed by atoms with Crippen LogP contribution < -0.4 is 14.4 Å². The molecule has 0 unspecified atom stereocenters. The number of halogens is 1. The topological polar surface area (TPSA) is 101 Å². The highest BCUT2D eigenvalue weighted by atomic mass is 32.2. The van der Waals surface area contributed by atoms with Crippen molar-refractivity contribution in [3.05, 3.63) is 89.7 Å². The fourth-order valence-corrected chi connectivity index (χ4v) is 4.88. The van der Waals surface area contributed by atoms with Gasteiger partial charge in [0.25, 0.3) is 5.91 Å². The molecule has 1 amide bonds. The molecule has 1 aromatic heterocycles. The lowest BCUT2D eigenvalue weighted by atomic mass is 10.1. The van der Waals surface area contributed by atoms with Crippen molar-refractivity contribution in [3.63, 3.8) is 0 Å². The largest absolute Gasteiger partial charge is 0.497 e. The summed E-state index contributed by atoms with van der Waals surface area (Å²) in [6.07, 6.45) is 1.05. The summed E-state index contributed by atoms with van der Waals surface area (Å²) in [6.45, 7) is -0.171. The Hall–Kier alpha value is -3.83. The molecule has 0 saturated heterocycles. The van der Waals surface area contributed by atoms with Crippen LogP contribution in [0.25, 0.3) is 10.6 Å². The van der Waals surface area contributed by atoms with Gasteiger partial charge in [-0.3, -0.25) is 14.4 Å². The Morgan fingerprint density at radius 2 is 1.71 bits per heavy atom. The molecule has 0 spiro atoms. The van der Waals surface area contributed by atoms with Crippen LogP contribution in [0.1, 0.15) is 15.9 Å². The first-order chi connectivity index (χ1) is 16.7. The van der Waals surface area contributed by atoms with Crippen molar-refractivity contribution >= 4 is 38.1 Å². The number of ether oxygens (including phenoxy) is 1. The number of carbonyl (C=O) groups is 1. The van der Waals surface area contributed by atoms with Gasteiger partial charge in [-0.1, -0.05) is 29.5 Å². The molecule has 4 rings (SSSR count). The van der Waals surface area contributed by atoms with Crippen LogP contribution in [0.5, 0.6) is 5.75 Å². The zero-order valence-electron chi connectivity index (χ0n) is 18.8. The summed E-state index contributed by atoms with van der Waals surface area (Å²) in [5, 5.41) is 11.8. The molecule has 11 heteroatoms. The fraction of sp³-hybridized carbons (Fsp3) is 0.125. The SMILES string of the molecule is COc1ccc(-c2nnc(NC(=O)c3ccc(N(Cc4ccccc4F)S(C)(=O)=O)cc3)s2)cc1. The van der Waals surface area contributed by atoms with E-state index in [2.05, 4.69) is 15.5 Å². The van der Waals surface area contributed by atoms with Gasteiger partial charge in [0.05, 0.1) is 25.6 Å². The molecule has 1 N–H and O–H groups in total. The van der Waals surface area contributed by atoms with Gasteiger partial charge in [0, 0.05) is 16.7 Å². The number of amides is 1. The maximum atomic E-state index is 14.1. The van der Waals surface area contributed by atoms with E-state index in [9.17, 15) is 17.6 Å². The van der Waals surface area contributed by atoms with Gasteiger partial charge in [-0.25, -0.2) is 12.8 Å². The maximum absolute atomic E-state index is 14.1. The lowest BCUT2D eigenvalue weighted by molar-refractivity contribution is 0.102. The van der Waals surface area contributed by atoms with Gasteiger partial charge in [-0.15, -0.1) is 10.2 Å². The average Bonchev–Trinajstić information content (AvgIpc) is 3.31. The number of hydrogen-bond donors (Lipinski definition) is 1. The van der Waals surface area contributed by atoms with Crippen LogP contribution in [0.15, 0.2) is 72.8 Å². The van der Waals surface area contributed by atoms with Crippen molar-refractivity contribution in [2.75, 3.05) is 23.0 Å². The first-order valence-electron chi connectivity index (χ1n) is 10.3. The van der Waals surface area contributed by atoms with Gasteiger partial charge in [-0.05, 0) is 54.6 Å². The summed E-state index contributed by atoms with van der Waals surface area (Å²) in [5.74, 6) is -0.198. The quantitative estimate of drug-likeness (QED) is 0.371. The molecule has 0 fully saturated rings.